The Kier molecular flexibility index (Phi) is 6.37. The van der Waals surface area contributed by atoms with Gasteiger partial charge in [-0.15, -0.1) is 0 Å². The maximum atomic E-state index is 12.3. The number of hydrogen-bond acceptors (Lipinski definition) is 6. The fourth-order valence-electron chi connectivity index (χ4n) is 1.88. The number of amides is 1. The molecule has 1 aromatic carbocycles. The molecule has 8 heteroatoms. The molecule has 0 aliphatic rings. The van der Waals surface area contributed by atoms with E-state index >= 15 is 0 Å². The zero-order valence-corrected chi connectivity index (χ0v) is 15.1. The molecule has 0 aliphatic carbocycles. The van der Waals surface area contributed by atoms with Gasteiger partial charge in [0.25, 0.3) is 5.91 Å². The highest BCUT2D eigenvalue weighted by Gasteiger charge is 2.13. The molecule has 0 aliphatic heterocycles. The number of benzene rings is 1. The molecular formula is C17H15BrN4O3. The van der Waals surface area contributed by atoms with Crippen LogP contribution < -0.4 is 20.1 Å². The second kappa shape index (κ2) is 8.70. The van der Waals surface area contributed by atoms with Crippen molar-refractivity contribution in [1.82, 2.24) is 4.98 Å². The number of aromatic nitrogens is 1. The van der Waals surface area contributed by atoms with Crippen LogP contribution in [0.1, 0.15) is 0 Å². The smallest absolute Gasteiger partial charge is 0.267 e. The molecule has 0 radical (unpaired) electrons. The summed E-state index contributed by atoms with van der Waals surface area (Å²) in [5, 5.41) is 14.7. The number of ether oxygens (including phenoxy) is 2. The molecule has 128 valence electrons. The van der Waals surface area contributed by atoms with E-state index in [0.29, 0.717) is 23.0 Å². The van der Waals surface area contributed by atoms with E-state index in [2.05, 4.69) is 31.5 Å². The van der Waals surface area contributed by atoms with E-state index in [1.807, 2.05) is 6.07 Å². The van der Waals surface area contributed by atoms with Crippen LogP contribution in [0.2, 0.25) is 0 Å². The molecule has 0 bridgehead atoms. The van der Waals surface area contributed by atoms with Crippen molar-refractivity contribution in [2.24, 2.45) is 0 Å². The van der Waals surface area contributed by atoms with Gasteiger partial charge in [-0.05, 0) is 24.3 Å². The lowest BCUT2D eigenvalue weighted by Crippen LogP contribution is -2.15. The second-order valence-corrected chi connectivity index (χ2v) is 5.61. The third kappa shape index (κ3) is 4.96. The third-order valence-electron chi connectivity index (χ3n) is 3.11. The monoisotopic (exact) mass is 402 g/mol. The van der Waals surface area contributed by atoms with E-state index in [4.69, 9.17) is 9.47 Å². The first kappa shape index (κ1) is 18.3. The summed E-state index contributed by atoms with van der Waals surface area (Å²) in [7, 11) is 3.00. The Bertz CT molecular complexity index is 846. The Morgan fingerprint density at radius 1 is 1.28 bits per heavy atom. The van der Waals surface area contributed by atoms with Crippen LogP contribution in [0.3, 0.4) is 0 Å². The Hall–Kier alpha value is -3.05. The molecule has 0 saturated heterocycles. The normalized spacial score (nSPS) is 10.6. The maximum Gasteiger partial charge on any atom is 0.267 e. The van der Waals surface area contributed by atoms with Crippen LogP contribution in [0.4, 0.5) is 11.5 Å². The predicted octanol–water partition coefficient (Wildman–Crippen LogP) is 3.32. The van der Waals surface area contributed by atoms with Crippen LogP contribution in [0.5, 0.6) is 11.5 Å². The summed E-state index contributed by atoms with van der Waals surface area (Å²) in [6.45, 7) is 0. The fourth-order valence-corrected chi connectivity index (χ4v) is 2.21. The molecule has 0 fully saturated rings. The predicted molar refractivity (Wildman–Crippen MR) is 97.4 cm³/mol. The van der Waals surface area contributed by atoms with Gasteiger partial charge >= 0.3 is 0 Å². The molecule has 0 unspecified atom stereocenters. The number of nitriles is 1. The molecule has 25 heavy (non-hydrogen) atoms. The van der Waals surface area contributed by atoms with Gasteiger partial charge in [0.05, 0.1) is 19.9 Å². The van der Waals surface area contributed by atoms with Gasteiger partial charge < -0.3 is 20.1 Å². The van der Waals surface area contributed by atoms with Crippen molar-refractivity contribution < 1.29 is 14.3 Å². The largest absolute Gasteiger partial charge is 0.497 e. The highest BCUT2D eigenvalue weighted by molar-refractivity contribution is 9.10. The average molecular weight is 403 g/mol. The van der Waals surface area contributed by atoms with Crippen molar-refractivity contribution in [1.29, 1.82) is 5.26 Å². The Morgan fingerprint density at radius 3 is 2.72 bits per heavy atom. The number of rotatable bonds is 6. The molecule has 2 N–H and O–H groups in total. The number of pyridine rings is 1. The van der Waals surface area contributed by atoms with Gasteiger partial charge in [-0.2, -0.15) is 5.26 Å². The summed E-state index contributed by atoms with van der Waals surface area (Å²) >= 11 is 3.32. The van der Waals surface area contributed by atoms with E-state index in [0.717, 1.165) is 4.47 Å². The number of halogens is 1. The molecule has 1 heterocycles. The quantitative estimate of drug-likeness (QED) is 0.568. The minimum Gasteiger partial charge on any atom is -0.497 e. The lowest BCUT2D eigenvalue weighted by atomic mass is 10.2. The summed E-state index contributed by atoms with van der Waals surface area (Å²) in [6, 6.07) is 10.3. The fraction of sp³-hybridized carbons (Fsp3) is 0.118. The molecular weight excluding hydrogens is 388 g/mol. The first-order valence-electron chi connectivity index (χ1n) is 7.09. The first-order valence-corrected chi connectivity index (χ1v) is 7.88. The van der Waals surface area contributed by atoms with Gasteiger partial charge in [0.2, 0.25) is 0 Å². The number of hydrogen-bond donors (Lipinski definition) is 2. The summed E-state index contributed by atoms with van der Waals surface area (Å²) < 4.78 is 11.1. The molecule has 7 nitrogen and oxygen atoms in total. The second-order valence-electron chi connectivity index (χ2n) is 4.69. The van der Waals surface area contributed by atoms with E-state index in [-0.39, 0.29) is 5.57 Å². The minimum absolute atomic E-state index is 0.119. The summed E-state index contributed by atoms with van der Waals surface area (Å²) in [5.74, 6) is 0.911. The van der Waals surface area contributed by atoms with Crippen molar-refractivity contribution >= 4 is 33.3 Å². The maximum absolute atomic E-state index is 12.3. The molecule has 2 aromatic rings. The van der Waals surface area contributed by atoms with Crippen LogP contribution in [0.25, 0.3) is 0 Å². The lowest BCUT2D eigenvalue weighted by Gasteiger charge is -2.11. The van der Waals surface area contributed by atoms with Crippen molar-refractivity contribution in [3.05, 3.63) is 52.8 Å². The SMILES string of the molecule is COc1ccc(OC)c(NC(=O)/C(C#N)=C\Nc2cc(Br)ccn2)c1. The summed E-state index contributed by atoms with van der Waals surface area (Å²) in [6.07, 6.45) is 2.88. The highest BCUT2D eigenvalue weighted by atomic mass is 79.9. The van der Waals surface area contributed by atoms with Crippen LogP contribution in [-0.4, -0.2) is 25.1 Å². The van der Waals surface area contributed by atoms with Crippen molar-refractivity contribution in [3.63, 3.8) is 0 Å². The van der Waals surface area contributed by atoms with Crippen LogP contribution in [0.15, 0.2) is 52.8 Å². The zero-order chi connectivity index (χ0) is 18.2. The van der Waals surface area contributed by atoms with Gasteiger partial charge in [-0.25, -0.2) is 4.98 Å². The number of methoxy groups -OCH3 is 2. The molecule has 1 aromatic heterocycles. The molecule has 1 amide bonds. The summed E-state index contributed by atoms with van der Waals surface area (Å²) in [5.41, 5.74) is 0.278. The van der Waals surface area contributed by atoms with Gasteiger partial charge in [0.15, 0.2) is 0 Å². The van der Waals surface area contributed by atoms with E-state index < -0.39 is 5.91 Å². The molecule has 0 atom stereocenters. The van der Waals surface area contributed by atoms with Crippen molar-refractivity contribution in [2.75, 3.05) is 24.9 Å². The number of carbonyl (C=O) groups excluding carboxylic acids is 1. The standard InChI is InChI=1S/C17H15BrN4O3/c1-24-13-3-4-15(25-2)14(8-13)22-17(23)11(9-19)10-21-16-7-12(18)5-6-20-16/h3-8,10H,1-2H3,(H,20,21)(H,22,23)/b11-10-. The lowest BCUT2D eigenvalue weighted by molar-refractivity contribution is -0.112. The summed E-state index contributed by atoms with van der Waals surface area (Å²) in [4.78, 5) is 16.4. The van der Waals surface area contributed by atoms with Gasteiger partial charge in [-0.1, -0.05) is 15.9 Å². The Labute approximate surface area is 153 Å². The van der Waals surface area contributed by atoms with E-state index in [9.17, 15) is 10.1 Å². The van der Waals surface area contributed by atoms with Gasteiger partial charge in [0.1, 0.15) is 29.0 Å². The molecule has 0 spiro atoms. The highest BCUT2D eigenvalue weighted by Crippen LogP contribution is 2.29. The molecule has 0 saturated carbocycles. The van der Waals surface area contributed by atoms with E-state index in [1.54, 1.807) is 36.5 Å². The molecule has 2 rings (SSSR count). The minimum atomic E-state index is -0.587. The average Bonchev–Trinajstić information content (AvgIpc) is 2.62. The number of anilines is 2. The van der Waals surface area contributed by atoms with Crippen LogP contribution in [-0.2, 0) is 4.79 Å². The Morgan fingerprint density at radius 2 is 2.08 bits per heavy atom. The number of nitrogens with one attached hydrogen (secondary N) is 2. The topological polar surface area (TPSA) is 96.3 Å². The van der Waals surface area contributed by atoms with Crippen LogP contribution in [0, 0.1) is 11.3 Å². The van der Waals surface area contributed by atoms with Crippen molar-refractivity contribution in [2.45, 2.75) is 0 Å². The zero-order valence-electron chi connectivity index (χ0n) is 13.5. The van der Waals surface area contributed by atoms with Crippen LogP contribution >= 0.6 is 15.9 Å². The number of carbonyl (C=O) groups is 1. The van der Waals surface area contributed by atoms with E-state index in [1.165, 1.54) is 20.4 Å². The Balaban J connectivity index is 2.17. The van der Waals surface area contributed by atoms with Crippen molar-refractivity contribution in [3.8, 4) is 17.6 Å². The van der Waals surface area contributed by atoms with Gasteiger partial charge in [-0.3, -0.25) is 4.79 Å². The first-order chi connectivity index (χ1) is 12.1. The van der Waals surface area contributed by atoms with Gasteiger partial charge in [0, 0.05) is 22.9 Å². The number of nitrogens with zero attached hydrogens (tertiary/aromatic N) is 2. The third-order valence-corrected chi connectivity index (χ3v) is 3.60.